The van der Waals surface area contributed by atoms with E-state index in [9.17, 15) is 0 Å². The maximum Gasteiger partial charge on any atom is 0.157 e. The van der Waals surface area contributed by atoms with Crippen LogP contribution in [0.3, 0.4) is 0 Å². The van der Waals surface area contributed by atoms with Crippen molar-refractivity contribution in [3.8, 4) is 0 Å². The smallest absolute Gasteiger partial charge is 0.157 e. The summed E-state index contributed by atoms with van der Waals surface area (Å²) >= 11 is 6.02. The molecule has 0 bridgehead atoms. The first-order chi connectivity index (χ1) is 7.60. The van der Waals surface area contributed by atoms with Gasteiger partial charge >= 0.3 is 0 Å². The van der Waals surface area contributed by atoms with Gasteiger partial charge in [0, 0.05) is 24.6 Å². The van der Waals surface area contributed by atoms with E-state index in [4.69, 9.17) is 16.3 Å². The van der Waals surface area contributed by atoms with E-state index < -0.39 is 0 Å². The molecule has 0 spiro atoms. The van der Waals surface area contributed by atoms with Gasteiger partial charge in [-0.2, -0.15) is 0 Å². The van der Waals surface area contributed by atoms with E-state index >= 15 is 0 Å². The van der Waals surface area contributed by atoms with Crippen LogP contribution in [0.1, 0.15) is 55.3 Å². The molecule has 2 unspecified atom stereocenters. The number of halogens is 1. The minimum atomic E-state index is -0.0544. The molecule has 2 atom stereocenters. The molecule has 0 radical (unpaired) electrons. The van der Waals surface area contributed by atoms with Gasteiger partial charge in [-0.05, 0) is 20.3 Å². The van der Waals surface area contributed by atoms with E-state index in [0.29, 0.717) is 0 Å². The van der Waals surface area contributed by atoms with E-state index in [2.05, 4.69) is 16.9 Å². The largest absolute Gasteiger partial charge is 0.373 e. The van der Waals surface area contributed by atoms with Crippen molar-refractivity contribution in [2.45, 2.75) is 45.1 Å². The maximum absolute atomic E-state index is 6.02. The summed E-state index contributed by atoms with van der Waals surface area (Å²) in [5.74, 6) is 0.753. The molecule has 0 saturated heterocycles. The second-order valence-electron chi connectivity index (χ2n) is 3.90. The summed E-state index contributed by atoms with van der Waals surface area (Å²) in [4.78, 5) is 8.79. The Bertz CT molecular complexity index is 342. The number of aryl methyl sites for hydroxylation is 1. The summed E-state index contributed by atoms with van der Waals surface area (Å²) < 4.78 is 5.37. The Hall–Kier alpha value is -0.670. The third-order valence-corrected chi connectivity index (χ3v) is 2.82. The predicted octanol–water partition coefficient (Wildman–Crippen LogP) is 3.57. The van der Waals surface area contributed by atoms with Crippen LogP contribution < -0.4 is 0 Å². The number of hydrogen-bond acceptors (Lipinski definition) is 3. The fraction of sp³-hybridized carbons (Fsp3) is 0.667. The predicted molar refractivity (Wildman–Crippen MR) is 65.7 cm³/mol. The number of hydrogen-bond donors (Lipinski definition) is 0. The van der Waals surface area contributed by atoms with E-state index in [1.165, 1.54) is 0 Å². The Balaban J connectivity index is 2.95. The Morgan fingerprint density at radius 1 is 1.50 bits per heavy atom. The molecule has 0 N–H and O–H groups in total. The molecular weight excluding hydrogens is 224 g/mol. The van der Waals surface area contributed by atoms with Crippen molar-refractivity contribution in [2.75, 3.05) is 7.11 Å². The third-order valence-electron chi connectivity index (χ3n) is 2.59. The van der Waals surface area contributed by atoms with Crippen molar-refractivity contribution in [3.05, 3.63) is 23.3 Å². The molecule has 1 rings (SSSR count). The first-order valence-corrected chi connectivity index (χ1v) is 6.04. The van der Waals surface area contributed by atoms with Crippen molar-refractivity contribution in [1.29, 1.82) is 0 Å². The summed E-state index contributed by atoms with van der Waals surface area (Å²) in [6.45, 7) is 6.00. The van der Waals surface area contributed by atoms with Crippen LogP contribution in [0.5, 0.6) is 0 Å². The number of rotatable bonds is 5. The summed E-state index contributed by atoms with van der Waals surface area (Å²) in [7, 11) is 1.69. The van der Waals surface area contributed by atoms with Crippen LogP contribution >= 0.6 is 11.6 Å². The van der Waals surface area contributed by atoms with Crippen LogP contribution in [0.4, 0.5) is 0 Å². The van der Waals surface area contributed by atoms with Crippen LogP contribution in [-0.4, -0.2) is 17.1 Å². The third kappa shape index (κ3) is 3.16. The Kier molecular flexibility index (Phi) is 5.16. The molecule has 0 saturated carbocycles. The van der Waals surface area contributed by atoms with Crippen LogP contribution in [0, 0.1) is 6.92 Å². The number of alkyl halides is 1. The van der Waals surface area contributed by atoms with E-state index in [1.54, 1.807) is 13.3 Å². The van der Waals surface area contributed by atoms with Crippen molar-refractivity contribution < 1.29 is 4.74 Å². The standard InChI is InChI=1S/C12H19ClN2O/c1-5-6-11(16-4)12-14-7-10(8(2)13)9(3)15-12/h7-8,11H,5-6H2,1-4H3. The van der Waals surface area contributed by atoms with Gasteiger partial charge in [0.2, 0.25) is 0 Å². The summed E-state index contributed by atoms with van der Waals surface area (Å²) in [5.41, 5.74) is 1.92. The molecule has 0 fully saturated rings. The lowest BCUT2D eigenvalue weighted by atomic mass is 10.1. The minimum Gasteiger partial charge on any atom is -0.373 e. The first-order valence-electron chi connectivity index (χ1n) is 5.60. The van der Waals surface area contributed by atoms with E-state index in [1.807, 2.05) is 13.8 Å². The lowest BCUT2D eigenvalue weighted by Crippen LogP contribution is -2.09. The van der Waals surface area contributed by atoms with Gasteiger partial charge < -0.3 is 4.74 Å². The molecule has 16 heavy (non-hydrogen) atoms. The Morgan fingerprint density at radius 3 is 2.62 bits per heavy atom. The zero-order valence-corrected chi connectivity index (χ0v) is 11.1. The van der Waals surface area contributed by atoms with Gasteiger partial charge in [0.05, 0.1) is 5.38 Å². The highest BCUT2D eigenvalue weighted by molar-refractivity contribution is 6.20. The van der Waals surface area contributed by atoms with Crippen LogP contribution in [0.15, 0.2) is 6.20 Å². The number of nitrogens with zero attached hydrogens (tertiary/aromatic N) is 2. The topological polar surface area (TPSA) is 35.0 Å². The molecule has 1 heterocycles. The molecule has 0 aliphatic rings. The highest BCUT2D eigenvalue weighted by Gasteiger charge is 2.15. The molecule has 0 aliphatic carbocycles. The highest BCUT2D eigenvalue weighted by atomic mass is 35.5. The van der Waals surface area contributed by atoms with Crippen LogP contribution in [0.2, 0.25) is 0 Å². The maximum atomic E-state index is 6.02. The molecule has 90 valence electrons. The number of methoxy groups -OCH3 is 1. The van der Waals surface area contributed by atoms with Crippen molar-refractivity contribution in [2.24, 2.45) is 0 Å². The molecule has 0 amide bonds. The second-order valence-corrected chi connectivity index (χ2v) is 4.55. The Labute approximate surface area is 102 Å². The quantitative estimate of drug-likeness (QED) is 0.741. The molecule has 0 aromatic carbocycles. The lowest BCUT2D eigenvalue weighted by Gasteiger charge is -2.15. The average molecular weight is 243 g/mol. The van der Waals surface area contributed by atoms with Gasteiger partial charge in [0.25, 0.3) is 0 Å². The molecule has 1 aromatic heterocycles. The van der Waals surface area contributed by atoms with Gasteiger partial charge in [-0.3, -0.25) is 0 Å². The van der Waals surface area contributed by atoms with Gasteiger partial charge in [-0.15, -0.1) is 11.6 Å². The minimum absolute atomic E-state index is 0.0108. The fourth-order valence-corrected chi connectivity index (χ4v) is 1.87. The molecule has 3 nitrogen and oxygen atoms in total. The van der Waals surface area contributed by atoms with Crippen molar-refractivity contribution in [1.82, 2.24) is 9.97 Å². The first kappa shape index (κ1) is 13.4. The van der Waals surface area contributed by atoms with Crippen LogP contribution in [0.25, 0.3) is 0 Å². The highest BCUT2D eigenvalue weighted by Crippen LogP contribution is 2.24. The van der Waals surface area contributed by atoms with E-state index in [-0.39, 0.29) is 11.5 Å². The van der Waals surface area contributed by atoms with Gasteiger partial charge in [-0.1, -0.05) is 13.3 Å². The zero-order chi connectivity index (χ0) is 12.1. The SMILES string of the molecule is CCCC(OC)c1ncc(C(C)Cl)c(C)n1. The van der Waals surface area contributed by atoms with Crippen molar-refractivity contribution >= 4 is 11.6 Å². The average Bonchev–Trinajstić information content (AvgIpc) is 2.25. The molecule has 0 aliphatic heterocycles. The normalized spacial score (nSPS) is 14.8. The van der Waals surface area contributed by atoms with E-state index in [0.717, 1.165) is 29.9 Å². The molecule has 4 heteroatoms. The fourth-order valence-electron chi connectivity index (χ4n) is 1.65. The number of aromatic nitrogens is 2. The van der Waals surface area contributed by atoms with Gasteiger partial charge in [-0.25, -0.2) is 9.97 Å². The zero-order valence-electron chi connectivity index (χ0n) is 10.3. The van der Waals surface area contributed by atoms with Gasteiger partial charge in [0.1, 0.15) is 6.10 Å². The number of ether oxygens (including phenoxy) is 1. The van der Waals surface area contributed by atoms with Crippen LogP contribution in [-0.2, 0) is 4.74 Å². The van der Waals surface area contributed by atoms with Crippen molar-refractivity contribution in [3.63, 3.8) is 0 Å². The molecule has 1 aromatic rings. The lowest BCUT2D eigenvalue weighted by molar-refractivity contribution is 0.0874. The second kappa shape index (κ2) is 6.16. The summed E-state index contributed by atoms with van der Waals surface area (Å²) in [5, 5.41) is -0.0544. The van der Waals surface area contributed by atoms with Gasteiger partial charge in [0.15, 0.2) is 5.82 Å². The monoisotopic (exact) mass is 242 g/mol. The Morgan fingerprint density at radius 2 is 2.19 bits per heavy atom. The summed E-state index contributed by atoms with van der Waals surface area (Å²) in [6.07, 6.45) is 3.78. The summed E-state index contributed by atoms with van der Waals surface area (Å²) in [6, 6.07) is 0. The molecular formula is C12H19ClN2O.